The molecule has 0 fully saturated rings. The summed E-state index contributed by atoms with van der Waals surface area (Å²) in [7, 11) is -1.52. The molecule has 0 aromatic heterocycles. The van der Waals surface area contributed by atoms with Gasteiger partial charge in [-0.25, -0.2) is 4.79 Å². The smallest absolute Gasteiger partial charge is 0.335 e. The van der Waals surface area contributed by atoms with Gasteiger partial charge in [0.1, 0.15) is 5.75 Å². The van der Waals surface area contributed by atoms with E-state index >= 15 is 0 Å². The Morgan fingerprint density at radius 3 is 2.42 bits per heavy atom. The molecule has 6 heteroatoms. The number of rotatable bonds is 6. The number of hydrogen-bond acceptors (Lipinski definition) is 3. The highest BCUT2D eigenvalue weighted by atomic mass is 32.2. The molecule has 1 atom stereocenters. The summed E-state index contributed by atoms with van der Waals surface area (Å²) in [5.74, 6) is -1.39. The number of carboxylic acid groups (broad SMARTS) is 1. The summed E-state index contributed by atoms with van der Waals surface area (Å²) in [6.45, 7) is 4.86. The fraction of sp³-hybridized carbons (Fsp3) is 0.385. The molecule has 1 aromatic carbocycles. The minimum Gasteiger partial charge on any atom is -0.478 e. The molecule has 1 rings (SSSR count). The van der Waals surface area contributed by atoms with Crippen LogP contribution in [-0.4, -0.2) is 44.9 Å². The van der Waals surface area contributed by atoms with Crippen molar-refractivity contribution in [1.29, 1.82) is 0 Å². The van der Waals surface area contributed by atoms with Crippen LogP contribution in [0.2, 0.25) is 0 Å². The number of carbonyl (C=O) groups is 2. The summed E-state index contributed by atoms with van der Waals surface area (Å²) in [6.07, 6.45) is 0. The Labute approximate surface area is 114 Å². The van der Waals surface area contributed by atoms with Crippen LogP contribution in [0.25, 0.3) is 0 Å². The van der Waals surface area contributed by atoms with Gasteiger partial charge in [-0.1, -0.05) is 6.07 Å². The number of aromatic carboxylic acids is 1. The van der Waals surface area contributed by atoms with Gasteiger partial charge in [0.2, 0.25) is 5.91 Å². The molecule has 0 spiro atoms. The zero-order chi connectivity index (χ0) is 14.4. The van der Waals surface area contributed by atoms with Crippen LogP contribution in [0.3, 0.4) is 0 Å². The van der Waals surface area contributed by atoms with Crippen LogP contribution < -0.4 is 0 Å². The van der Waals surface area contributed by atoms with Crippen LogP contribution in [-0.2, 0) is 15.6 Å². The third kappa shape index (κ3) is 4.17. The number of benzene rings is 1. The van der Waals surface area contributed by atoms with E-state index in [9.17, 15) is 13.8 Å². The predicted octanol–water partition coefficient (Wildman–Crippen LogP) is 1.36. The van der Waals surface area contributed by atoms with Crippen molar-refractivity contribution in [1.82, 2.24) is 4.90 Å². The topological polar surface area (TPSA) is 74.7 Å². The maximum absolute atomic E-state index is 12.0. The number of carbonyl (C=O) groups excluding carboxylic acids is 1. The number of carboxylic acids is 1. The highest BCUT2D eigenvalue weighted by Gasteiger charge is 2.15. The molecule has 19 heavy (non-hydrogen) atoms. The lowest BCUT2D eigenvalue weighted by atomic mass is 10.2. The number of nitrogens with zero attached hydrogens (tertiary/aromatic N) is 1. The van der Waals surface area contributed by atoms with E-state index in [1.807, 2.05) is 13.8 Å². The summed E-state index contributed by atoms with van der Waals surface area (Å²) in [6, 6.07) is 5.86. The van der Waals surface area contributed by atoms with Crippen LogP contribution in [0.5, 0.6) is 0 Å². The highest BCUT2D eigenvalue weighted by molar-refractivity contribution is 7.85. The van der Waals surface area contributed by atoms with E-state index in [-0.39, 0.29) is 17.2 Å². The maximum atomic E-state index is 12.0. The molecule has 1 unspecified atom stereocenters. The Bertz CT molecular complexity index is 497. The minimum absolute atomic E-state index is 0.0705. The van der Waals surface area contributed by atoms with E-state index in [4.69, 9.17) is 5.11 Å². The van der Waals surface area contributed by atoms with Crippen LogP contribution in [0.1, 0.15) is 24.2 Å². The normalized spacial score (nSPS) is 11.9. The van der Waals surface area contributed by atoms with Gasteiger partial charge >= 0.3 is 5.97 Å². The van der Waals surface area contributed by atoms with Crippen LogP contribution >= 0.6 is 0 Å². The summed E-state index contributed by atoms with van der Waals surface area (Å²) in [4.78, 5) is 24.6. The van der Waals surface area contributed by atoms with Gasteiger partial charge in [0, 0.05) is 18.0 Å². The van der Waals surface area contributed by atoms with Gasteiger partial charge in [-0.2, -0.15) is 0 Å². The third-order valence-electron chi connectivity index (χ3n) is 2.71. The maximum Gasteiger partial charge on any atom is 0.335 e. The molecule has 1 aromatic rings. The van der Waals surface area contributed by atoms with Gasteiger partial charge in [0.25, 0.3) is 0 Å². The lowest BCUT2D eigenvalue weighted by Gasteiger charge is -2.18. The third-order valence-corrected chi connectivity index (χ3v) is 4.00. The highest BCUT2D eigenvalue weighted by Crippen LogP contribution is 2.11. The first-order valence-corrected chi connectivity index (χ1v) is 7.31. The van der Waals surface area contributed by atoms with Crippen molar-refractivity contribution < 1.29 is 18.9 Å². The van der Waals surface area contributed by atoms with E-state index < -0.39 is 16.8 Å². The van der Waals surface area contributed by atoms with Gasteiger partial charge in [-0.15, -0.1) is 0 Å². The summed E-state index contributed by atoms with van der Waals surface area (Å²) in [5, 5.41) is 8.86. The SMILES string of the molecule is CCN(CC)C(=O)CS(=O)c1cccc(C(=O)O)c1. The fourth-order valence-corrected chi connectivity index (χ4v) is 2.70. The first-order valence-electron chi connectivity index (χ1n) is 5.99. The van der Waals surface area contributed by atoms with Gasteiger partial charge < -0.3 is 10.0 Å². The molecule has 1 N–H and O–H groups in total. The molecule has 104 valence electrons. The number of hydrogen-bond donors (Lipinski definition) is 1. The molecule has 0 heterocycles. The average molecular weight is 283 g/mol. The molecular weight excluding hydrogens is 266 g/mol. The molecule has 0 aliphatic rings. The zero-order valence-electron chi connectivity index (χ0n) is 11.0. The van der Waals surface area contributed by atoms with Crippen molar-refractivity contribution in [3.63, 3.8) is 0 Å². The Balaban J connectivity index is 2.81. The second-order valence-electron chi connectivity index (χ2n) is 3.89. The second-order valence-corrected chi connectivity index (χ2v) is 5.34. The molecule has 1 amide bonds. The van der Waals surface area contributed by atoms with Gasteiger partial charge in [0.05, 0.1) is 16.4 Å². The molecule has 0 aliphatic carbocycles. The minimum atomic E-state index is -1.52. The molecule has 5 nitrogen and oxygen atoms in total. The Hall–Kier alpha value is -1.69. The van der Waals surface area contributed by atoms with Crippen LogP contribution in [0, 0.1) is 0 Å². The van der Waals surface area contributed by atoms with E-state index in [2.05, 4.69) is 0 Å². The zero-order valence-corrected chi connectivity index (χ0v) is 11.8. The van der Waals surface area contributed by atoms with E-state index in [1.165, 1.54) is 18.2 Å². The Kier molecular flexibility index (Phi) is 5.69. The van der Waals surface area contributed by atoms with Crippen molar-refractivity contribution in [3.8, 4) is 0 Å². The molecular formula is C13H17NO4S. The van der Waals surface area contributed by atoms with Gasteiger partial charge in [0.15, 0.2) is 0 Å². The molecule has 0 radical (unpaired) electrons. The fourth-order valence-electron chi connectivity index (χ4n) is 1.63. The van der Waals surface area contributed by atoms with Crippen molar-refractivity contribution in [3.05, 3.63) is 29.8 Å². The molecule has 0 saturated heterocycles. The van der Waals surface area contributed by atoms with Crippen LogP contribution in [0.15, 0.2) is 29.2 Å². The standard InChI is InChI=1S/C13H17NO4S/c1-3-14(4-2)12(15)9-19(18)11-7-5-6-10(8-11)13(16)17/h5-8H,3-4,9H2,1-2H3,(H,16,17). The van der Waals surface area contributed by atoms with E-state index in [0.29, 0.717) is 18.0 Å². The molecule has 0 saturated carbocycles. The predicted molar refractivity (Wildman–Crippen MR) is 72.6 cm³/mol. The monoisotopic (exact) mass is 283 g/mol. The Morgan fingerprint density at radius 1 is 1.26 bits per heavy atom. The first kappa shape index (κ1) is 15.4. The summed E-state index contributed by atoms with van der Waals surface area (Å²) >= 11 is 0. The van der Waals surface area contributed by atoms with Crippen LogP contribution in [0.4, 0.5) is 0 Å². The first-order chi connectivity index (χ1) is 8.99. The quantitative estimate of drug-likeness (QED) is 0.855. The molecule has 0 bridgehead atoms. The summed E-state index contributed by atoms with van der Waals surface area (Å²) < 4.78 is 12.0. The largest absolute Gasteiger partial charge is 0.478 e. The Morgan fingerprint density at radius 2 is 1.89 bits per heavy atom. The lowest BCUT2D eigenvalue weighted by molar-refractivity contribution is -0.128. The van der Waals surface area contributed by atoms with Crippen molar-refractivity contribution in [2.45, 2.75) is 18.7 Å². The number of amides is 1. The van der Waals surface area contributed by atoms with Gasteiger partial charge in [-0.3, -0.25) is 9.00 Å². The lowest BCUT2D eigenvalue weighted by Crippen LogP contribution is -2.34. The summed E-state index contributed by atoms with van der Waals surface area (Å²) in [5.41, 5.74) is 0.0705. The second kappa shape index (κ2) is 7.04. The van der Waals surface area contributed by atoms with Crippen molar-refractivity contribution in [2.75, 3.05) is 18.8 Å². The molecule has 0 aliphatic heterocycles. The van der Waals surface area contributed by atoms with E-state index in [1.54, 1.807) is 11.0 Å². The van der Waals surface area contributed by atoms with Crippen molar-refractivity contribution >= 4 is 22.7 Å². The average Bonchev–Trinajstić information content (AvgIpc) is 2.40. The van der Waals surface area contributed by atoms with Gasteiger partial charge in [-0.05, 0) is 32.0 Å². The van der Waals surface area contributed by atoms with Crippen molar-refractivity contribution in [2.24, 2.45) is 0 Å². The van der Waals surface area contributed by atoms with E-state index in [0.717, 1.165) is 0 Å².